The molecule has 3 nitrogen and oxygen atoms in total. The average Bonchev–Trinajstić information content (AvgIpc) is 2.28. The first-order chi connectivity index (χ1) is 8.01. The van der Waals surface area contributed by atoms with E-state index in [1.165, 1.54) is 0 Å². The number of halogens is 4. The third-order valence-corrected chi connectivity index (χ3v) is 2.51. The molecule has 7 heteroatoms. The maximum atomic E-state index is 13.2. The summed E-state index contributed by atoms with van der Waals surface area (Å²) in [5.74, 6) is -1.98. The van der Waals surface area contributed by atoms with E-state index in [0.29, 0.717) is 0 Å². The van der Waals surface area contributed by atoms with Crippen molar-refractivity contribution >= 4 is 21.9 Å². The SMILES string of the molecule is CCOC(=O)c1nc(C(F)F)c(F)cc1CBr. The number of carbonyl (C=O) groups excluding carboxylic acids is 1. The van der Waals surface area contributed by atoms with E-state index in [1.807, 2.05) is 0 Å². The van der Waals surface area contributed by atoms with Crippen LogP contribution < -0.4 is 0 Å². The number of esters is 1. The lowest BCUT2D eigenvalue weighted by Crippen LogP contribution is -2.13. The van der Waals surface area contributed by atoms with Gasteiger partial charge in [0.05, 0.1) is 6.61 Å². The van der Waals surface area contributed by atoms with Gasteiger partial charge in [0.25, 0.3) is 6.43 Å². The van der Waals surface area contributed by atoms with E-state index in [-0.39, 0.29) is 23.2 Å². The second-order valence-electron chi connectivity index (χ2n) is 3.02. The molecule has 0 amide bonds. The minimum absolute atomic E-state index is 0.0869. The summed E-state index contributed by atoms with van der Waals surface area (Å²) in [5.41, 5.74) is -1.16. The van der Waals surface area contributed by atoms with E-state index in [1.54, 1.807) is 6.92 Å². The van der Waals surface area contributed by atoms with Gasteiger partial charge in [-0.3, -0.25) is 0 Å². The Morgan fingerprint density at radius 2 is 2.24 bits per heavy atom. The highest BCUT2D eigenvalue weighted by Crippen LogP contribution is 2.23. The molecule has 0 aliphatic heterocycles. The maximum absolute atomic E-state index is 13.2. The molecule has 0 aliphatic carbocycles. The minimum Gasteiger partial charge on any atom is -0.461 e. The second kappa shape index (κ2) is 6.00. The van der Waals surface area contributed by atoms with Crippen molar-refractivity contribution in [3.05, 3.63) is 28.8 Å². The summed E-state index contributed by atoms with van der Waals surface area (Å²) in [6.07, 6.45) is -3.08. The van der Waals surface area contributed by atoms with E-state index >= 15 is 0 Å². The zero-order valence-corrected chi connectivity index (χ0v) is 10.4. The van der Waals surface area contributed by atoms with Gasteiger partial charge in [0.2, 0.25) is 0 Å². The van der Waals surface area contributed by atoms with Crippen LogP contribution in [0.1, 0.15) is 35.1 Å². The van der Waals surface area contributed by atoms with Gasteiger partial charge >= 0.3 is 5.97 Å². The molecule has 94 valence electrons. The molecule has 0 aromatic carbocycles. The van der Waals surface area contributed by atoms with Crippen molar-refractivity contribution in [2.75, 3.05) is 6.61 Å². The lowest BCUT2D eigenvalue weighted by atomic mass is 10.2. The van der Waals surface area contributed by atoms with Crippen LogP contribution in [0.15, 0.2) is 6.07 Å². The van der Waals surface area contributed by atoms with Gasteiger partial charge in [-0.1, -0.05) is 15.9 Å². The fourth-order valence-corrected chi connectivity index (χ4v) is 1.60. The van der Waals surface area contributed by atoms with Crippen LogP contribution in [0.4, 0.5) is 13.2 Å². The first kappa shape index (κ1) is 14.0. The molecule has 0 radical (unpaired) electrons. The molecule has 17 heavy (non-hydrogen) atoms. The molecule has 1 rings (SSSR count). The number of hydrogen-bond donors (Lipinski definition) is 0. The number of aromatic nitrogens is 1. The molecule has 0 saturated carbocycles. The van der Waals surface area contributed by atoms with Crippen molar-refractivity contribution in [3.63, 3.8) is 0 Å². The number of alkyl halides is 3. The summed E-state index contributed by atoms with van der Waals surface area (Å²) in [6.45, 7) is 1.66. The first-order valence-corrected chi connectivity index (χ1v) is 5.83. The van der Waals surface area contributed by atoms with E-state index in [4.69, 9.17) is 0 Å². The molecular formula is C10H9BrF3NO2. The first-order valence-electron chi connectivity index (χ1n) is 4.71. The normalized spacial score (nSPS) is 10.7. The fourth-order valence-electron chi connectivity index (χ4n) is 1.17. The molecule has 0 atom stereocenters. The van der Waals surface area contributed by atoms with E-state index < -0.39 is 23.9 Å². The van der Waals surface area contributed by atoms with Crippen molar-refractivity contribution in [2.24, 2.45) is 0 Å². The smallest absolute Gasteiger partial charge is 0.357 e. The van der Waals surface area contributed by atoms with Crippen LogP contribution in [0.3, 0.4) is 0 Å². The fraction of sp³-hybridized carbons (Fsp3) is 0.400. The Kier molecular flexibility index (Phi) is 4.92. The van der Waals surface area contributed by atoms with Crippen LogP contribution in [-0.4, -0.2) is 17.6 Å². The Labute approximate surface area is 104 Å². The molecular weight excluding hydrogens is 303 g/mol. The van der Waals surface area contributed by atoms with Crippen LogP contribution >= 0.6 is 15.9 Å². The van der Waals surface area contributed by atoms with Gasteiger partial charge < -0.3 is 4.74 Å². The molecule has 0 N–H and O–H groups in total. The number of rotatable bonds is 4. The number of nitrogens with zero attached hydrogens (tertiary/aromatic N) is 1. The highest BCUT2D eigenvalue weighted by atomic mass is 79.9. The average molecular weight is 312 g/mol. The molecule has 1 aromatic heterocycles. The molecule has 0 saturated heterocycles. The third-order valence-electron chi connectivity index (χ3n) is 1.90. The van der Waals surface area contributed by atoms with Gasteiger partial charge in [0.1, 0.15) is 5.69 Å². The van der Waals surface area contributed by atoms with Gasteiger partial charge in [-0.05, 0) is 18.6 Å². The van der Waals surface area contributed by atoms with Crippen molar-refractivity contribution in [1.82, 2.24) is 4.98 Å². The number of pyridine rings is 1. The topological polar surface area (TPSA) is 39.2 Å². The highest BCUT2D eigenvalue weighted by molar-refractivity contribution is 9.08. The Morgan fingerprint density at radius 1 is 1.59 bits per heavy atom. The standard InChI is InChI=1S/C10H9BrF3NO2/c1-2-17-10(16)7-5(4-11)3-6(12)8(15-7)9(13)14/h3,9H,2,4H2,1H3. The van der Waals surface area contributed by atoms with Gasteiger partial charge in [0.15, 0.2) is 11.5 Å². The van der Waals surface area contributed by atoms with Crippen LogP contribution in [-0.2, 0) is 10.1 Å². The molecule has 0 bridgehead atoms. The molecule has 0 spiro atoms. The van der Waals surface area contributed by atoms with Crippen molar-refractivity contribution in [3.8, 4) is 0 Å². The van der Waals surface area contributed by atoms with Crippen LogP contribution in [0.5, 0.6) is 0 Å². The van der Waals surface area contributed by atoms with E-state index in [2.05, 4.69) is 25.7 Å². The van der Waals surface area contributed by atoms with Gasteiger partial charge in [0, 0.05) is 5.33 Å². The largest absolute Gasteiger partial charge is 0.461 e. The Morgan fingerprint density at radius 3 is 2.71 bits per heavy atom. The quantitative estimate of drug-likeness (QED) is 0.633. The lowest BCUT2D eigenvalue weighted by Gasteiger charge is -2.09. The number of hydrogen-bond acceptors (Lipinski definition) is 3. The molecule has 1 aromatic rings. The van der Waals surface area contributed by atoms with Gasteiger partial charge in [-0.15, -0.1) is 0 Å². The number of ether oxygens (including phenoxy) is 1. The van der Waals surface area contributed by atoms with Gasteiger partial charge in [-0.25, -0.2) is 22.9 Å². The predicted octanol–water partition coefficient (Wildman–Crippen LogP) is 3.23. The summed E-state index contributed by atoms with van der Waals surface area (Å²) in [6, 6.07) is 0.857. The Balaban J connectivity index is 3.26. The monoisotopic (exact) mass is 311 g/mol. The second-order valence-corrected chi connectivity index (χ2v) is 3.58. The predicted molar refractivity (Wildman–Crippen MR) is 57.7 cm³/mol. The van der Waals surface area contributed by atoms with Crippen molar-refractivity contribution < 1.29 is 22.7 Å². The Bertz CT molecular complexity index is 426. The van der Waals surface area contributed by atoms with Crippen LogP contribution in [0.2, 0.25) is 0 Å². The van der Waals surface area contributed by atoms with Gasteiger partial charge in [-0.2, -0.15) is 0 Å². The third kappa shape index (κ3) is 3.18. The maximum Gasteiger partial charge on any atom is 0.357 e. The van der Waals surface area contributed by atoms with Crippen LogP contribution in [0.25, 0.3) is 0 Å². The minimum atomic E-state index is -3.08. The Hall–Kier alpha value is -1.11. The summed E-state index contributed by atoms with van der Waals surface area (Å²) >= 11 is 3.02. The molecule has 1 heterocycles. The summed E-state index contributed by atoms with van der Waals surface area (Å²) in [4.78, 5) is 14.8. The highest BCUT2D eigenvalue weighted by Gasteiger charge is 2.22. The molecule has 0 aliphatic rings. The lowest BCUT2D eigenvalue weighted by molar-refractivity contribution is 0.0516. The summed E-state index contributed by atoms with van der Waals surface area (Å²) in [5, 5.41) is 0.120. The van der Waals surface area contributed by atoms with Crippen molar-refractivity contribution in [1.29, 1.82) is 0 Å². The zero-order chi connectivity index (χ0) is 13.0. The molecule has 0 fully saturated rings. The zero-order valence-electron chi connectivity index (χ0n) is 8.84. The van der Waals surface area contributed by atoms with Crippen molar-refractivity contribution in [2.45, 2.75) is 18.7 Å². The van der Waals surface area contributed by atoms with Crippen LogP contribution in [0, 0.1) is 5.82 Å². The molecule has 0 unspecified atom stereocenters. The summed E-state index contributed by atoms with van der Waals surface area (Å²) < 4.78 is 42.7. The van der Waals surface area contributed by atoms with E-state index in [0.717, 1.165) is 6.07 Å². The number of carbonyl (C=O) groups is 1. The summed E-state index contributed by atoms with van der Waals surface area (Å²) in [7, 11) is 0. The van der Waals surface area contributed by atoms with E-state index in [9.17, 15) is 18.0 Å².